The summed E-state index contributed by atoms with van der Waals surface area (Å²) in [7, 11) is 0. The molecule has 10 nitrogen and oxygen atoms in total. The molecule has 4 aromatic rings. The SMILES string of the molecule is C[C@H](CNC(=O)[C@H](Cc1ccccc1)N1C(=O)c2ccccc2C1=O)NC(=O)[C@H](Cc1ccccc1)N1C(=O)c2ccccc2C1=O. The minimum atomic E-state index is -1.15. The van der Waals surface area contributed by atoms with Gasteiger partial charge < -0.3 is 10.6 Å². The van der Waals surface area contributed by atoms with Crippen LogP contribution < -0.4 is 10.6 Å². The Morgan fingerprint density at radius 1 is 0.532 bits per heavy atom. The maximum atomic E-state index is 13.8. The summed E-state index contributed by atoms with van der Waals surface area (Å²) in [6, 6.07) is 28.1. The largest absolute Gasteiger partial charge is 0.352 e. The average molecular weight is 629 g/mol. The van der Waals surface area contributed by atoms with Crippen LogP contribution in [0.4, 0.5) is 0 Å². The van der Waals surface area contributed by atoms with Crippen LogP contribution >= 0.6 is 0 Å². The molecule has 0 saturated heterocycles. The lowest BCUT2D eigenvalue weighted by Gasteiger charge is -2.28. The Morgan fingerprint density at radius 2 is 0.872 bits per heavy atom. The molecule has 2 aliphatic heterocycles. The molecule has 4 aromatic carbocycles. The molecular formula is C37H32N4O6. The number of hydrogen-bond acceptors (Lipinski definition) is 6. The summed E-state index contributed by atoms with van der Waals surface area (Å²) in [5, 5.41) is 5.64. The fourth-order valence-corrected chi connectivity index (χ4v) is 6.02. The van der Waals surface area contributed by atoms with E-state index in [1.807, 2.05) is 60.7 Å². The van der Waals surface area contributed by atoms with E-state index in [1.54, 1.807) is 55.5 Å². The van der Waals surface area contributed by atoms with Crippen molar-refractivity contribution in [3.05, 3.63) is 143 Å². The van der Waals surface area contributed by atoms with Gasteiger partial charge in [-0.05, 0) is 42.3 Å². The normalized spacial score (nSPS) is 15.6. The maximum Gasteiger partial charge on any atom is 0.262 e. The quantitative estimate of drug-likeness (QED) is 0.245. The second-order valence-corrected chi connectivity index (χ2v) is 11.6. The molecule has 0 aliphatic carbocycles. The topological polar surface area (TPSA) is 133 Å². The Labute approximate surface area is 271 Å². The van der Waals surface area contributed by atoms with E-state index >= 15 is 0 Å². The molecule has 3 atom stereocenters. The van der Waals surface area contributed by atoms with Crippen molar-refractivity contribution in [3.8, 4) is 0 Å². The molecule has 0 unspecified atom stereocenters. The first-order chi connectivity index (χ1) is 22.7. The highest BCUT2D eigenvalue weighted by molar-refractivity contribution is 6.23. The van der Waals surface area contributed by atoms with Crippen LogP contribution in [0, 0.1) is 0 Å². The standard InChI is InChI=1S/C37H32N4O6/c1-23(39-33(43)31(21-25-14-6-3-7-15-25)41-36(46)28-18-10-11-19-29(28)37(41)47)22-38-32(42)30(20-24-12-4-2-5-13-24)40-34(44)26-16-8-9-17-27(26)35(40)45/h2-19,23,30-31H,20-22H2,1H3,(H,38,42)(H,39,43)/t23-,30+,31+/m1/s1. The zero-order valence-corrected chi connectivity index (χ0v) is 25.6. The number of rotatable bonds is 11. The zero-order chi connectivity index (χ0) is 33.1. The second kappa shape index (κ2) is 13.2. The molecule has 47 heavy (non-hydrogen) atoms. The van der Waals surface area contributed by atoms with E-state index in [2.05, 4.69) is 10.6 Å². The molecule has 0 aromatic heterocycles. The highest BCUT2D eigenvalue weighted by atomic mass is 16.2. The molecule has 6 rings (SSSR count). The molecule has 0 spiro atoms. The van der Waals surface area contributed by atoms with Crippen LogP contribution in [0.2, 0.25) is 0 Å². The summed E-state index contributed by atoms with van der Waals surface area (Å²) in [6.07, 6.45) is 0.188. The van der Waals surface area contributed by atoms with Crippen LogP contribution in [0.3, 0.4) is 0 Å². The van der Waals surface area contributed by atoms with Gasteiger partial charge in [0.05, 0.1) is 22.3 Å². The lowest BCUT2D eigenvalue weighted by Crippen LogP contribution is -2.55. The van der Waals surface area contributed by atoms with Gasteiger partial charge in [0.1, 0.15) is 12.1 Å². The molecule has 6 amide bonds. The van der Waals surface area contributed by atoms with Gasteiger partial charge in [0, 0.05) is 25.4 Å². The van der Waals surface area contributed by atoms with Gasteiger partial charge in [-0.25, -0.2) is 0 Å². The van der Waals surface area contributed by atoms with E-state index < -0.39 is 53.6 Å². The number of carbonyl (C=O) groups excluding carboxylic acids is 6. The number of amides is 6. The highest BCUT2D eigenvalue weighted by Crippen LogP contribution is 2.27. The molecule has 2 heterocycles. The summed E-state index contributed by atoms with van der Waals surface area (Å²) in [5.74, 6) is -3.32. The lowest BCUT2D eigenvalue weighted by atomic mass is 10.0. The minimum absolute atomic E-state index is 0.0425. The van der Waals surface area contributed by atoms with Gasteiger partial charge in [-0.2, -0.15) is 0 Å². The van der Waals surface area contributed by atoms with Crippen molar-refractivity contribution >= 4 is 35.4 Å². The molecule has 0 radical (unpaired) electrons. The van der Waals surface area contributed by atoms with E-state index in [-0.39, 0.29) is 41.6 Å². The van der Waals surface area contributed by atoms with Crippen LogP contribution in [0.1, 0.15) is 59.5 Å². The van der Waals surface area contributed by atoms with Crippen LogP contribution in [-0.4, -0.2) is 69.9 Å². The molecule has 236 valence electrons. The number of benzene rings is 4. The third-order valence-corrected chi connectivity index (χ3v) is 8.39. The zero-order valence-electron chi connectivity index (χ0n) is 25.6. The van der Waals surface area contributed by atoms with Gasteiger partial charge in [0.2, 0.25) is 11.8 Å². The van der Waals surface area contributed by atoms with Crippen molar-refractivity contribution in [2.75, 3.05) is 6.54 Å². The van der Waals surface area contributed by atoms with Gasteiger partial charge in [-0.1, -0.05) is 84.9 Å². The van der Waals surface area contributed by atoms with Crippen molar-refractivity contribution in [3.63, 3.8) is 0 Å². The van der Waals surface area contributed by atoms with Crippen LogP contribution in [0.25, 0.3) is 0 Å². The Balaban J connectivity index is 1.18. The first-order valence-electron chi connectivity index (χ1n) is 15.3. The smallest absolute Gasteiger partial charge is 0.262 e. The number of imide groups is 2. The Hall–Kier alpha value is -5.90. The van der Waals surface area contributed by atoms with Crippen LogP contribution in [0.15, 0.2) is 109 Å². The van der Waals surface area contributed by atoms with E-state index in [1.165, 1.54) is 0 Å². The van der Waals surface area contributed by atoms with Crippen LogP contribution in [-0.2, 0) is 22.4 Å². The van der Waals surface area contributed by atoms with Crippen LogP contribution in [0.5, 0.6) is 0 Å². The maximum absolute atomic E-state index is 13.8. The second-order valence-electron chi connectivity index (χ2n) is 11.6. The average Bonchev–Trinajstić information content (AvgIpc) is 3.50. The molecular weight excluding hydrogens is 596 g/mol. The summed E-state index contributed by atoms with van der Waals surface area (Å²) in [5.41, 5.74) is 2.47. The fourth-order valence-electron chi connectivity index (χ4n) is 6.02. The van der Waals surface area contributed by atoms with E-state index in [0.29, 0.717) is 0 Å². The predicted molar refractivity (Wildman–Crippen MR) is 172 cm³/mol. The molecule has 0 saturated carbocycles. The third-order valence-electron chi connectivity index (χ3n) is 8.39. The number of nitrogens with zero attached hydrogens (tertiary/aromatic N) is 2. The summed E-state index contributed by atoms with van der Waals surface area (Å²) >= 11 is 0. The van der Waals surface area contributed by atoms with Crippen molar-refractivity contribution in [1.29, 1.82) is 0 Å². The molecule has 0 bridgehead atoms. The molecule has 0 fully saturated rings. The van der Waals surface area contributed by atoms with Gasteiger partial charge in [0.25, 0.3) is 23.6 Å². The monoisotopic (exact) mass is 628 g/mol. The number of carbonyl (C=O) groups is 6. The summed E-state index contributed by atoms with van der Waals surface area (Å²) in [4.78, 5) is 82.8. The number of fused-ring (bicyclic) bond motifs is 2. The predicted octanol–water partition coefficient (Wildman–Crippen LogP) is 3.42. The number of nitrogens with one attached hydrogen (secondary N) is 2. The Morgan fingerprint density at radius 3 is 1.26 bits per heavy atom. The highest BCUT2D eigenvalue weighted by Gasteiger charge is 2.44. The van der Waals surface area contributed by atoms with Gasteiger partial charge in [-0.3, -0.25) is 38.6 Å². The van der Waals surface area contributed by atoms with Crippen molar-refractivity contribution in [1.82, 2.24) is 20.4 Å². The summed E-state index contributed by atoms with van der Waals surface area (Å²) < 4.78 is 0. The first-order valence-corrected chi connectivity index (χ1v) is 15.3. The number of hydrogen-bond donors (Lipinski definition) is 2. The molecule has 2 N–H and O–H groups in total. The summed E-state index contributed by atoms with van der Waals surface area (Å²) in [6.45, 7) is 1.63. The van der Waals surface area contributed by atoms with Gasteiger partial charge in [0.15, 0.2) is 0 Å². The first kappa shape index (κ1) is 31.1. The van der Waals surface area contributed by atoms with Crippen molar-refractivity contribution < 1.29 is 28.8 Å². The Kier molecular flexibility index (Phi) is 8.75. The molecule has 2 aliphatic rings. The molecule has 10 heteroatoms. The van der Waals surface area contributed by atoms with Gasteiger partial charge in [-0.15, -0.1) is 0 Å². The van der Waals surface area contributed by atoms with Crippen molar-refractivity contribution in [2.24, 2.45) is 0 Å². The lowest BCUT2D eigenvalue weighted by molar-refractivity contribution is -0.127. The fraction of sp³-hybridized carbons (Fsp3) is 0.189. The third kappa shape index (κ3) is 6.17. The van der Waals surface area contributed by atoms with E-state index in [9.17, 15) is 28.8 Å². The van der Waals surface area contributed by atoms with Gasteiger partial charge >= 0.3 is 0 Å². The van der Waals surface area contributed by atoms with E-state index in [0.717, 1.165) is 20.9 Å². The minimum Gasteiger partial charge on any atom is -0.352 e. The van der Waals surface area contributed by atoms with E-state index in [4.69, 9.17) is 0 Å². The van der Waals surface area contributed by atoms with Crippen molar-refractivity contribution in [2.45, 2.75) is 37.9 Å². The Bertz CT molecular complexity index is 1810.